The molecule has 0 heterocycles. The Hall–Kier alpha value is -1.44. The van der Waals surface area contributed by atoms with Gasteiger partial charge in [0, 0.05) is 6.16 Å². The predicted molar refractivity (Wildman–Crippen MR) is 110 cm³/mol. The molecular weight excluding hydrogens is 367 g/mol. The first-order valence-corrected chi connectivity index (χ1v) is 11.9. The Labute approximate surface area is 161 Å². The van der Waals surface area contributed by atoms with Gasteiger partial charge in [0.2, 0.25) is 6.49 Å². The van der Waals surface area contributed by atoms with Crippen molar-refractivity contribution in [3.63, 3.8) is 0 Å². The lowest BCUT2D eigenvalue weighted by Crippen LogP contribution is -2.01. The molecule has 1 unspecified atom stereocenters. The van der Waals surface area contributed by atoms with Gasteiger partial charge in [0.1, 0.15) is 11.5 Å². The Morgan fingerprint density at radius 3 is 2.31 bits per heavy atom. The van der Waals surface area contributed by atoms with Crippen LogP contribution in [0.4, 0.5) is 0 Å². The first kappa shape index (κ1) is 20.9. The van der Waals surface area contributed by atoms with Gasteiger partial charge in [-0.1, -0.05) is 44.1 Å². The molecule has 1 atom stereocenters. The lowest BCUT2D eigenvalue weighted by Gasteiger charge is -2.16. The molecule has 0 aromatic heterocycles. The van der Waals surface area contributed by atoms with E-state index in [1.807, 2.05) is 18.2 Å². The normalized spacial score (nSPS) is 13.7. The summed E-state index contributed by atoms with van der Waals surface area (Å²) in [5.41, 5.74) is 5.63. The molecule has 0 saturated heterocycles. The maximum absolute atomic E-state index is 12.0. The Bertz CT molecular complexity index is 807. The Kier molecular flexibility index (Phi) is 6.82. The molecule has 1 N–H and O–H groups in total. The zero-order valence-electron chi connectivity index (χ0n) is 16.2. The van der Waals surface area contributed by atoms with Crippen molar-refractivity contribution in [3.8, 4) is 11.5 Å². The SMILES string of the molecule is CCP(=O)(Cl)COc1cc(C)c(Cc2ccc(O)c(C(C)C)c2)c(C)c1. The second-order valence-corrected chi connectivity index (χ2v) is 11.5. The number of ether oxygens (including phenoxy) is 1. The van der Waals surface area contributed by atoms with Crippen molar-refractivity contribution in [3.05, 3.63) is 58.1 Å². The average Bonchev–Trinajstić information content (AvgIpc) is 2.57. The number of aromatic hydroxyl groups is 1. The molecule has 0 spiro atoms. The molecule has 5 heteroatoms. The number of phenolic OH excluding ortho intramolecular Hbond substituents is 1. The summed E-state index contributed by atoms with van der Waals surface area (Å²) < 4.78 is 17.6. The summed E-state index contributed by atoms with van der Waals surface area (Å²) in [6.07, 6.45) is 1.27. The summed E-state index contributed by atoms with van der Waals surface area (Å²) in [6, 6.07) is 9.76. The van der Waals surface area contributed by atoms with E-state index in [4.69, 9.17) is 16.0 Å². The molecule has 3 nitrogen and oxygen atoms in total. The maximum Gasteiger partial charge on any atom is 0.204 e. The average molecular weight is 395 g/mol. The van der Waals surface area contributed by atoms with Gasteiger partial charge < -0.3 is 14.4 Å². The summed E-state index contributed by atoms with van der Waals surface area (Å²) in [6.45, 7) is 7.34. The van der Waals surface area contributed by atoms with E-state index in [1.165, 1.54) is 11.1 Å². The number of hydrogen-bond donors (Lipinski definition) is 1. The Balaban J connectivity index is 2.23. The topological polar surface area (TPSA) is 46.5 Å². The van der Waals surface area contributed by atoms with Gasteiger partial charge in [-0.2, -0.15) is 0 Å². The third-order valence-electron chi connectivity index (χ3n) is 4.66. The van der Waals surface area contributed by atoms with Crippen LogP contribution in [0.15, 0.2) is 30.3 Å². The summed E-state index contributed by atoms with van der Waals surface area (Å²) in [4.78, 5) is 0. The fraction of sp³-hybridized carbons (Fsp3) is 0.429. The lowest BCUT2D eigenvalue weighted by molar-refractivity contribution is 0.378. The third kappa shape index (κ3) is 5.28. The Morgan fingerprint density at radius 2 is 1.77 bits per heavy atom. The highest BCUT2D eigenvalue weighted by Crippen LogP contribution is 2.50. The number of halogens is 1. The van der Waals surface area contributed by atoms with Crippen molar-refractivity contribution >= 4 is 17.7 Å². The predicted octanol–water partition coefficient (Wildman–Crippen LogP) is 6.60. The van der Waals surface area contributed by atoms with Crippen LogP contribution in [-0.4, -0.2) is 17.6 Å². The van der Waals surface area contributed by atoms with E-state index < -0.39 is 6.49 Å². The third-order valence-corrected chi connectivity index (χ3v) is 7.13. The molecule has 2 aromatic rings. The van der Waals surface area contributed by atoms with E-state index in [-0.39, 0.29) is 12.3 Å². The van der Waals surface area contributed by atoms with Crippen LogP contribution in [-0.2, 0) is 11.0 Å². The summed E-state index contributed by atoms with van der Waals surface area (Å²) >= 11 is 5.95. The molecule has 0 aliphatic carbocycles. The minimum Gasteiger partial charge on any atom is -0.508 e. The lowest BCUT2D eigenvalue weighted by atomic mass is 9.93. The van der Waals surface area contributed by atoms with E-state index in [9.17, 15) is 9.67 Å². The second-order valence-electron chi connectivity index (χ2n) is 7.14. The molecule has 0 aliphatic rings. The van der Waals surface area contributed by atoms with Gasteiger partial charge >= 0.3 is 0 Å². The highest BCUT2D eigenvalue weighted by atomic mass is 35.7. The highest BCUT2D eigenvalue weighted by Gasteiger charge is 2.17. The summed E-state index contributed by atoms with van der Waals surface area (Å²) in [5, 5.41) is 10.0. The van der Waals surface area contributed by atoms with Crippen molar-refractivity contribution < 1.29 is 14.4 Å². The van der Waals surface area contributed by atoms with E-state index in [2.05, 4.69) is 33.8 Å². The molecule has 2 rings (SSSR count). The van der Waals surface area contributed by atoms with Gasteiger partial charge in [-0.15, -0.1) is 0 Å². The van der Waals surface area contributed by atoms with E-state index >= 15 is 0 Å². The van der Waals surface area contributed by atoms with Crippen LogP contribution in [0.1, 0.15) is 54.5 Å². The van der Waals surface area contributed by atoms with Crippen LogP contribution >= 0.6 is 17.7 Å². The van der Waals surface area contributed by atoms with E-state index in [0.29, 0.717) is 17.7 Å². The molecule has 2 aromatic carbocycles. The summed E-state index contributed by atoms with van der Waals surface area (Å²) in [5.74, 6) is 1.33. The fourth-order valence-corrected chi connectivity index (χ4v) is 3.63. The molecule has 0 radical (unpaired) electrons. The van der Waals surface area contributed by atoms with E-state index in [0.717, 1.165) is 23.1 Å². The van der Waals surface area contributed by atoms with Gasteiger partial charge in [-0.25, -0.2) is 0 Å². The van der Waals surface area contributed by atoms with Gasteiger partial charge in [-0.05, 0) is 72.2 Å². The summed E-state index contributed by atoms with van der Waals surface area (Å²) in [7, 11) is 0. The largest absolute Gasteiger partial charge is 0.508 e. The molecule has 0 saturated carbocycles. The van der Waals surface area contributed by atoms with Crippen molar-refractivity contribution in [2.45, 2.75) is 47.0 Å². The fourth-order valence-electron chi connectivity index (χ4n) is 2.96. The highest BCUT2D eigenvalue weighted by molar-refractivity contribution is 7.89. The van der Waals surface area contributed by atoms with Crippen molar-refractivity contribution in [2.75, 3.05) is 12.5 Å². The number of hydrogen-bond acceptors (Lipinski definition) is 3. The first-order chi connectivity index (χ1) is 12.1. The number of phenols is 1. The minimum absolute atomic E-state index is 0.0546. The molecule has 0 amide bonds. The van der Waals surface area contributed by atoms with Gasteiger partial charge in [0.05, 0.1) is 0 Å². The van der Waals surface area contributed by atoms with Crippen molar-refractivity contribution in [2.24, 2.45) is 0 Å². The molecule has 26 heavy (non-hydrogen) atoms. The standard InChI is InChI=1S/C21H28ClO3P/c1-6-26(22,24)13-25-18-9-15(4)20(16(5)10-18)12-17-7-8-21(23)19(11-17)14(2)3/h7-11,14,23H,6,12-13H2,1-5H3. The Morgan fingerprint density at radius 1 is 1.15 bits per heavy atom. The number of benzene rings is 2. The molecule has 0 bridgehead atoms. The quantitative estimate of drug-likeness (QED) is 0.538. The number of rotatable bonds is 7. The smallest absolute Gasteiger partial charge is 0.204 e. The minimum atomic E-state index is -2.73. The monoisotopic (exact) mass is 394 g/mol. The van der Waals surface area contributed by atoms with Gasteiger partial charge in [0.25, 0.3) is 0 Å². The van der Waals surface area contributed by atoms with Crippen LogP contribution in [0.3, 0.4) is 0 Å². The number of aryl methyl sites for hydroxylation is 2. The zero-order chi connectivity index (χ0) is 19.5. The first-order valence-electron chi connectivity index (χ1n) is 8.95. The van der Waals surface area contributed by atoms with Crippen LogP contribution in [0.2, 0.25) is 0 Å². The molecular formula is C21H28ClO3P. The van der Waals surface area contributed by atoms with Crippen LogP contribution < -0.4 is 4.74 Å². The van der Waals surface area contributed by atoms with Gasteiger partial charge in [0.15, 0.2) is 6.35 Å². The molecule has 0 fully saturated rings. The van der Waals surface area contributed by atoms with Crippen LogP contribution in [0.5, 0.6) is 11.5 Å². The molecule has 142 valence electrons. The second kappa shape index (κ2) is 8.50. The van der Waals surface area contributed by atoms with Gasteiger partial charge in [-0.3, -0.25) is 0 Å². The van der Waals surface area contributed by atoms with E-state index in [1.54, 1.807) is 13.0 Å². The van der Waals surface area contributed by atoms with Crippen molar-refractivity contribution in [1.82, 2.24) is 0 Å². The molecule has 0 aliphatic heterocycles. The zero-order valence-corrected chi connectivity index (χ0v) is 17.8. The maximum atomic E-state index is 12.0. The van der Waals surface area contributed by atoms with Crippen LogP contribution in [0.25, 0.3) is 0 Å². The van der Waals surface area contributed by atoms with Crippen molar-refractivity contribution in [1.29, 1.82) is 0 Å². The van der Waals surface area contributed by atoms with Crippen LogP contribution in [0, 0.1) is 13.8 Å².